The Morgan fingerprint density at radius 3 is 2.53 bits per heavy atom. The van der Waals surface area contributed by atoms with Gasteiger partial charge in [-0.1, -0.05) is 12.1 Å². The van der Waals surface area contributed by atoms with Crippen LogP contribution in [0.1, 0.15) is 23.2 Å². The first kappa shape index (κ1) is 16.0. The second-order valence-corrected chi connectivity index (χ2v) is 3.25. The van der Waals surface area contributed by atoms with Crippen molar-refractivity contribution in [1.82, 2.24) is 5.32 Å². The first-order valence-electron chi connectivity index (χ1n) is 4.87. The van der Waals surface area contributed by atoms with Crippen molar-refractivity contribution in [1.29, 1.82) is 0 Å². The van der Waals surface area contributed by atoms with E-state index in [0.29, 0.717) is 6.42 Å². The normalized spacial score (nSPS) is 9.18. The summed E-state index contributed by atoms with van der Waals surface area (Å²) >= 11 is 0. The molecule has 0 aromatic heterocycles. The minimum atomic E-state index is -1.14. The van der Waals surface area contributed by atoms with E-state index in [1.54, 1.807) is 12.1 Å². The molecule has 0 saturated carbocycles. The summed E-state index contributed by atoms with van der Waals surface area (Å²) < 4.78 is 0. The van der Waals surface area contributed by atoms with E-state index in [1.165, 1.54) is 12.1 Å². The molecule has 0 aliphatic carbocycles. The molecule has 2 N–H and O–H groups in total. The van der Waals surface area contributed by atoms with Crippen LogP contribution in [0.25, 0.3) is 0 Å². The van der Waals surface area contributed by atoms with Gasteiger partial charge in [0.15, 0.2) is 0 Å². The third-order valence-electron chi connectivity index (χ3n) is 1.99. The summed E-state index contributed by atoms with van der Waals surface area (Å²) in [7, 11) is 0. The summed E-state index contributed by atoms with van der Waals surface area (Å²) in [6, 6.07) is 6.15. The van der Waals surface area contributed by atoms with Crippen molar-refractivity contribution >= 4 is 11.9 Å². The maximum absolute atomic E-state index is 11.5. The number of aliphatic carboxylic acids is 1. The van der Waals surface area contributed by atoms with Gasteiger partial charge in [-0.25, -0.2) is 0 Å². The number of carbonyl (C=O) groups is 2. The Balaban J connectivity index is 0.00000256. The van der Waals surface area contributed by atoms with E-state index in [0.717, 1.165) is 0 Å². The number of amides is 1. The number of carbonyl (C=O) groups excluding carboxylic acids is 2. The molecule has 6 heteroatoms. The second-order valence-electron chi connectivity index (χ2n) is 3.25. The van der Waals surface area contributed by atoms with Crippen LogP contribution >= 0.6 is 0 Å². The van der Waals surface area contributed by atoms with Gasteiger partial charge in [0, 0.05) is 12.5 Å². The predicted octanol–water partition coefficient (Wildman–Crippen LogP) is -3.34. The van der Waals surface area contributed by atoms with Gasteiger partial charge in [0.05, 0.1) is 5.56 Å². The van der Waals surface area contributed by atoms with E-state index in [1.807, 2.05) is 0 Å². The monoisotopic (exact) mass is 245 g/mol. The van der Waals surface area contributed by atoms with Crippen LogP contribution in [0.2, 0.25) is 0 Å². The molecule has 0 aliphatic heterocycles. The van der Waals surface area contributed by atoms with Gasteiger partial charge in [0.2, 0.25) is 0 Å². The van der Waals surface area contributed by atoms with Gasteiger partial charge >= 0.3 is 29.6 Å². The summed E-state index contributed by atoms with van der Waals surface area (Å²) in [5.74, 6) is -1.66. The standard InChI is InChI=1S/C11H13NO4.Na/c13-9-5-2-1-4-8(9)11(16)12-7-3-6-10(14)15;/h1-2,4-5,13H,3,6-7H2,(H,12,16)(H,14,15);/q;+1/p-1. The van der Waals surface area contributed by atoms with Gasteiger partial charge in [-0.15, -0.1) is 0 Å². The number of aromatic hydroxyl groups is 1. The van der Waals surface area contributed by atoms with Crippen LogP contribution in [0, 0.1) is 0 Å². The molecular formula is C11H12NNaO4. The first-order chi connectivity index (χ1) is 7.61. The molecule has 1 aromatic rings. The number of phenolic OH excluding ortho intramolecular Hbond substituents is 1. The number of carboxylic acids is 1. The summed E-state index contributed by atoms with van der Waals surface area (Å²) in [6.45, 7) is 0.237. The predicted molar refractivity (Wildman–Crippen MR) is 54.7 cm³/mol. The molecule has 5 nitrogen and oxygen atoms in total. The minimum Gasteiger partial charge on any atom is -0.550 e. The van der Waals surface area contributed by atoms with Crippen LogP contribution in [0.15, 0.2) is 24.3 Å². The number of phenols is 1. The summed E-state index contributed by atoms with van der Waals surface area (Å²) in [6.07, 6.45) is 0.211. The number of para-hydroxylation sites is 1. The van der Waals surface area contributed by atoms with Gasteiger partial charge in [-0.05, 0) is 25.0 Å². The third kappa shape index (κ3) is 5.72. The molecule has 0 spiro atoms. The van der Waals surface area contributed by atoms with Gasteiger partial charge < -0.3 is 20.3 Å². The van der Waals surface area contributed by atoms with Crippen molar-refractivity contribution in [2.75, 3.05) is 6.54 Å². The fourth-order valence-electron chi connectivity index (χ4n) is 1.20. The van der Waals surface area contributed by atoms with Crippen LogP contribution in [-0.2, 0) is 4.79 Å². The maximum Gasteiger partial charge on any atom is 1.00 e. The molecule has 1 amide bonds. The molecule has 0 radical (unpaired) electrons. The van der Waals surface area contributed by atoms with E-state index in [2.05, 4.69) is 5.32 Å². The average molecular weight is 245 g/mol. The molecule has 1 rings (SSSR count). The first-order valence-corrected chi connectivity index (χ1v) is 4.87. The van der Waals surface area contributed by atoms with Crippen molar-refractivity contribution in [3.05, 3.63) is 29.8 Å². The minimum absolute atomic E-state index is 0. The Hall–Kier alpha value is -1.04. The summed E-state index contributed by atoms with van der Waals surface area (Å²) in [4.78, 5) is 21.6. The molecule has 0 bridgehead atoms. The largest absolute Gasteiger partial charge is 1.00 e. The number of benzene rings is 1. The van der Waals surface area contributed by atoms with Crippen molar-refractivity contribution in [2.24, 2.45) is 0 Å². The van der Waals surface area contributed by atoms with E-state index in [9.17, 15) is 19.8 Å². The van der Waals surface area contributed by atoms with Gasteiger partial charge in [-0.2, -0.15) is 0 Å². The van der Waals surface area contributed by atoms with E-state index in [4.69, 9.17) is 0 Å². The molecule has 0 heterocycles. The Bertz CT molecular complexity index is 395. The van der Waals surface area contributed by atoms with Crippen molar-refractivity contribution in [3.63, 3.8) is 0 Å². The fourth-order valence-corrected chi connectivity index (χ4v) is 1.20. The van der Waals surface area contributed by atoms with Gasteiger partial charge in [0.1, 0.15) is 5.75 Å². The molecular weight excluding hydrogens is 233 g/mol. The molecule has 1 aromatic carbocycles. The zero-order valence-corrected chi connectivity index (χ0v) is 11.6. The SMILES string of the molecule is O=C([O-])CCCNC(=O)c1ccccc1O.[Na+]. The average Bonchev–Trinajstić information content (AvgIpc) is 2.24. The number of hydrogen-bond acceptors (Lipinski definition) is 4. The Morgan fingerprint density at radius 2 is 1.94 bits per heavy atom. The quantitative estimate of drug-likeness (QED) is 0.419. The molecule has 17 heavy (non-hydrogen) atoms. The summed E-state index contributed by atoms with van der Waals surface area (Å²) in [5.41, 5.74) is 0.177. The van der Waals surface area contributed by atoms with Crippen LogP contribution in [0.4, 0.5) is 0 Å². The Morgan fingerprint density at radius 1 is 1.29 bits per heavy atom. The topological polar surface area (TPSA) is 89.5 Å². The zero-order valence-electron chi connectivity index (χ0n) is 9.60. The zero-order chi connectivity index (χ0) is 12.0. The molecule has 0 unspecified atom stereocenters. The fraction of sp³-hybridized carbons (Fsp3) is 0.273. The van der Waals surface area contributed by atoms with Crippen molar-refractivity contribution < 1.29 is 49.4 Å². The van der Waals surface area contributed by atoms with E-state index < -0.39 is 11.9 Å². The number of nitrogens with one attached hydrogen (secondary N) is 1. The van der Waals surface area contributed by atoms with Crippen LogP contribution in [-0.4, -0.2) is 23.5 Å². The van der Waals surface area contributed by atoms with Crippen molar-refractivity contribution in [3.8, 4) is 5.75 Å². The number of carboxylic acid groups (broad SMARTS) is 1. The number of rotatable bonds is 5. The van der Waals surface area contributed by atoms with Crippen LogP contribution in [0.3, 0.4) is 0 Å². The van der Waals surface area contributed by atoms with Crippen molar-refractivity contribution in [2.45, 2.75) is 12.8 Å². The van der Waals surface area contributed by atoms with Gasteiger partial charge in [-0.3, -0.25) is 4.79 Å². The molecule has 0 saturated heterocycles. The van der Waals surface area contributed by atoms with Crippen LogP contribution < -0.4 is 40.0 Å². The third-order valence-corrected chi connectivity index (χ3v) is 1.99. The Kier molecular flexibility index (Phi) is 7.61. The molecule has 86 valence electrons. The maximum atomic E-state index is 11.5. The van der Waals surface area contributed by atoms with E-state index in [-0.39, 0.29) is 53.8 Å². The van der Waals surface area contributed by atoms with E-state index >= 15 is 0 Å². The number of hydrogen-bond donors (Lipinski definition) is 2. The Labute approximate surface area is 121 Å². The van der Waals surface area contributed by atoms with Crippen LogP contribution in [0.5, 0.6) is 5.75 Å². The molecule has 0 atom stereocenters. The smallest absolute Gasteiger partial charge is 0.550 e. The van der Waals surface area contributed by atoms with Gasteiger partial charge in [0.25, 0.3) is 5.91 Å². The molecule has 0 aliphatic rings. The molecule has 0 fully saturated rings. The second kappa shape index (κ2) is 8.11. The summed E-state index contributed by atoms with van der Waals surface area (Å²) in [5, 5.41) is 22.0.